The standard InChI is InChI=1S/C12H17N/c1-9(2)13-11(4)12-7-5-10(3)6-8-12/h5-8,11,13H,1H2,2-4H3. The average Bonchev–Trinajstić information content (AvgIpc) is 2.04. The Kier molecular flexibility index (Phi) is 3.13. The van der Waals surface area contributed by atoms with E-state index in [0.29, 0.717) is 6.04 Å². The van der Waals surface area contributed by atoms with Crippen LogP contribution in [-0.2, 0) is 0 Å². The molecule has 0 saturated heterocycles. The van der Waals surface area contributed by atoms with E-state index in [1.807, 2.05) is 6.92 Å². The summed E-state index contributed by atoms with van der Waals surface area (Å²) >= 11 is 0. The third-order valence-corrected chi connectivity index (χ3v) is 2.04. The topological polar surface area (TPSA) is 12.0 Å². The summed E-state index contributed by atoms with van der Waals surface area (Å²) in [5, 5.41) is 3.28. The lowest BCUT2D eigenvalue weighted by molar-refractivity contribution is 0.656. The smallest absolute Gasteiger partial charge is 0.0482 e. The lowest BCUT2D eigenvalue weighted by Crippen LogP contribution is -2.15. The minimum atomic E-state index is 0.345. The number of hydrogen-bond acceptors (Lipinski definition) is 1. The molecule has 0 bridgehead atoms. The number of hydrogen-bond donors (Lipinski definition) is 1. The second-order valence-corrected chi connectivity index (χ2v) is 3.56. The third-order valence-electron chi connectivity index (χ3n) is 2.04. The number of rotatable bonds is 3. The molecule has 1 rings (SSSR count). The van der Waals surface area contributed by atoms with Crippen molar-refractivity contribution in [2.24, 2.45) is 0 Å². The van der Waals surface area contributed by atoms with Crippen LogP contribution >= 0.6 is 0 Å². The Hall–Kier alpha value is -1.24. The fourth-order valence-corrected chi connectivity index (χ4v) is 1.31. The largest absolute Gasteiger partial charge is 0.383 e. The van der Waals surface area contributed by atoms with Crippen LogP contribution in [0.25, 0.3) is 0 Å². The number of aryl methyl sites for hydroxylation is 1. The van der Waals surface area contributed by atoms with Gasteiger partial charge in [0.25, 0.3) is 0 Å². The van der Waals surface area contributed by atoms with Crippen LogP contribution in [0.3, 0.4) is 0 Å². The number of nitrogens with one attached hydrogen (secondary N) is 1. The molecule has 1 unspecified atom stereocenters. The summed E-state index contributed by atoms with van der Waals surface area (Å²) in [6, 6.07) is 8.90. The maximum atomic E-state index is 3.83. The van der Waals surface area contributed by atoms with E-state index in [1.165, 1.54) is 11.1 Å². The number of benzene rings is 1. The molecule has 0 aliphatic heterocycles. The van der Waals surface area contributed by atoms with Gasteiger partial charge in [0, 0.05) is 11.7 Å². The molecule has 13 heavy (non-hydrogen) atoms. The van der Waals surface area contributed by atoms with Gasteiger partial charge in [-0.2, -0.15) is 0 Å². The van der Waals surface area contributed by atoms with Crippen LogP contribution in [0.15, 0.2) is 36.5 Å². The van der Waals surface area contributed by atoms with E-state index in [9.17, 15) is 0 Å². The predicted molar refractivity (Wildman–Crippen MR) is 57.5 cm³/mol. The summed E-state index contributed by atoms with van der Waals surface area (Å²) in [5.41, 5.74) is 3.60. The van der Waals surface area contributed by atoms with Gasteiger partial charge in [0.05, 0.1) is 0 Å². The summed E-state index contributed by atoms with van der Waals surface area (Å²) in [4.78, 5) is 0. The highest BCUT2D eigenvalue weighted by Crippen LogP contribution is 2.13. The van der Waals surface area contributed by atoms with Crippen molar-refractivity contribution < 1.29 is 0 Å². The molecule has 0 aliphatic rings. The summed E-state index contributed by atoms with van der Waals surface area (Å²) in [6.07, 6.45) is 0. The Morgan fingerprint density at radius 1 is 1.31 bits per heavy atom. The van der Waals surface area contributed by atoms with Crippen LogP contribution in [0.5, 0.6) is 0 Å². The molecule has 1 N–H and O–H groups in total. The van der Waals surface area contributed by atoms with Gasteiger partial charge < -0.3 is 5.32 Å². The molecule has 1 aromatic carbocycles. The first-order valence-electron chi connectivity index (χ1n) is 4.58. The summed E-state index contributed by atoms with van der Waals surface area (Å²) in [6.45, 7) is 10.0. The van der Waals surface area contributed by atoms with Crippen molar-refractivity contribution in [3.63, 3.8) is 0 Å². The third kappa shape index (κ3) is 2.94. The van der Waals surface area contributed by atoms with Gasteiger partial charge >= 0.3 is 0 Å². The van der Waals surface area contributed by atoms with E-state index in [-0.39, 0.29) is 0 Å². The zero-order valence-electron chi connectivity index (χ0n) is 8.59. The molecule has 0 heterocycles. The molecular weight excluding hydrogens is 158 g/mol. The van der Waals surface area contributed by atoms with Crippen molar-refractivity contribution in [3.8, 4) is 0 Å². The molecule has 0 saturated carbocycles. The predicted octanol–water partition coefficient (Wildman–Crippen LogP) is 3.18. The molecular formula is C12H17N. The van der Waals surface area contributed by atoms with Crippen molar-refractivity contribution in [1.29, 1.82) is 0 Å². The molecule has 0 fully saturated rings. The molecule has 70 valence electrons. The molecule has 0 radical (unpaired) electrons. The van der Waals surface area contributed by atoms with Gasteiger partial charge in [0.2, 0.25) is 0 Å². The first-order chi connectivity index (χ1) is 6.09. The molecule has 0 aliphatic carbocycles. The monoisotopic (exact) mass is 175 g/mol. The lowest BCUT2D eigenvalue weighted by atomic mass is 10.1. The SMILES string of the molecule is C=C(C)NC(C)c1ccc(C)cc1. The van der Waals surface area contributed by atoms with Gasteiger partial charge in [-0.1, -0.05) is 36.4 Å². The van der Waals surface area contributed by atoms with Crippen LogP contribution < -0.4 is 5.32 Å². The van der Waals surface area contributed by atoms with E-state index in [1.54, 1.807) is 0 Å². The molecule has 0 amide bonds. The highest BCUT2D eigenvalue weighted by Gasteiger charge is 2.02. The molecule has 1 heteroatoms. The van der Waals surface area contributed by atoms with Gasteiger partial charge in [0.15, 0.2) is 0 Å². The lowest BCUT2D eigenvalue weighted by Gasteiger charge is -2.15. The van der Waals surface area contributed by atoms with Crippen LogP contribution in [0.2, 0.25) is 0 Å². The zero-order valence-corrected chi connectivity index (χ0v) is 8.59. The molecule has 1 aromatic rings. The number of allylic oxidation sites excluding steroid dienone is 1. The Labute approximate surface area is 80.5 Å². The average molecular weight is 175 g/mol. The van der Waals surface area contributed by atoms with E-state index < -0.39 is 0 Å². The van der Waals surface area contributed by atoms with Crippen LogP contribution in [0, 0.1) is 6.92 Å². The van der Waals surface area contributed by atoms with E-state index >= 15 is 0 Å². The minimum absolute atomic E-state index is 0.345. The highest BCUT2D eigenvalue weighted by atomic mass is 14.9. The second kappa shape index (κ2) is 4.13. The Bertz CT molecular complexity index is 284. The van der Waals surface area contributed by atoms with Crippen molar-refractivity contribution in [1.82, 2.24) is 5.32 Å². The van der Waals surface area contributed by atoms with Gasteiger partial charge in [0.1, 0.15) is 0 Å². The Balaban J connectivity index is 2.71. The molecule has 0 aromatic heterocycles. The summed E-state index contributed by atoms with van der Waals surface area (Å²) in [7, 11) is 0. The van der Waals surface area contributed by atoms with Gasteiger partial charge in [-0.3, -0.25) is 0 Å². The maximum Gasteiger partial charge on any atom is 0.0482 e. The minimum Gasteiger partial charge on any atom is -0.383 e. The second-order valence-electron chi connectivity index (χ2n) is 3.56. The van der Waals surface area contributed by atoms with Crippen molar-refractivity contribution >= 4 is 0 Å². The van der Waals surface area contributed by atoms with Crippen LogP contribution in [0.1, 0.15) is 31.0 Å². The van der Waals surface area contributed by atoms with Crippen molar-refractivity contribution in [2.45, 2.75) is 26.8 Å². The van der Waals surface area contributed by atoms with Crippen LogP contribution in [-0.4, -0.2) is 0 Å². The maximum absolute atomic E-state index is 3.83. The van der Waals surface area contributed by atoms with Gasteiger partial charge in [-0.05, 0) is 26.3 Å². The van der Waals surface area contributed by atoms with Gasteiger partial charge in [-0.25, -0.2) is 0 Å². The van der Waals surface area contributed by atoms with E-state index in [4.69, 9.17) is 0 Å². The van der Waals surface area contributed by atoms with Gasteiger partial charge in [-0.15, -0.1) is 0 Å². The first kappa shape index (κ1) is 9.85. The van der Waals surface area contributed by atoms with Crippen molar-refractivity contribution in [2.75, 3.05) is 0 Å². The Morgan fingerprint density at radius 2 is 1.85 bits per heavy atom. The summed E-state index contributed by atoms with van der Waals surface area (Å²) < 4.78 is 0. The van der Waals surface area contributed by atoms with E-state index in [2.05, 4.69) is 50.0 Å². The quantitative estimate of drug-likeness (QED) is 0.744. The summed E-state index contributed by atoms with van der Waals surface area (Å²) in [5.74, 6) is 0. The molecule has 1 nitrogen and oxygen atoms in total. The fraction of sp³-hybridized carbons (Fsp3) is 0.333. The fourth-order valence-electron chi connectivity index (χ4n) is 1.31. The highest BCUT2D eigenvalue weighted by molar-refractivity contribution is 5.24. The zero-order chi connectivity index (χ0) is 9.84. The Morgan fingerprint density at radius 3 is 2.31 bits per heavy atom. The normalized spacial score (nSPS) is 12.2. The molecule has 1 atom stereocenters. The van der Waals surface area contributed by atoms with E-state index in [0.717, 1.165) is 5.70 Å². The van der Waals surface area contributed by atoms with Crippen LogP contribution in [0.4, 0.5) is 0 Å². The first-order valence-corrected chi connectivity index (χ1v) is 4.58. The molecule has 0 spiro atoms. The van der Waals surface area contributed by atoms with Crippen molar-refractivity contribution in [3.05, 3.63) is 47.7 Å².